The fraction of sp³-hybridized carbons (Fsp3) is 0.417. The monoisotopic (exact) mass is 289 g/mol. The van der Waals surface area contributed by atoms with Crippen LogP contribution in [0.4, 0.5) is 14.5 Å². The summed E-state index contributed by atoms with van der Waals surface area (Å²) >= 11 is 0. The molecule has 20 heavy (non-hydrogen) atoms. The van der Waals surface area contributed by atoms with E-state index < -0.39 is 33.8 Å². The van der Waals surface area contributed by atoms with E-state index in [4.69, 9.17) is 4.74 Å². The third-order valence-electron chi connectivity index (χ3n) is 2.24. The van der Waals surface area contributed by atoms with Crippen LogP contribution in [0.5, 0.6) is 0 Å². The average molecular weight is 289 g/mol. The summed E-state index contributed by atoms with van der Waals surface area (Å²) in [7, 11) is 0. The molecule has 0 radical (unpaired) electrons. The zero-order chi connectivity index (χ0) is 15.3. The smallest absolute Gasteiger partial charge is 0.344 e. The summed E-state index contributed by atoms with van der Waals surface area (Å²) in [5.74, 6) is -4.08. The molecule has 8 heteroatoms. The predicted molar refractivity (Wildman–Crippen MR) is 64.4 cm³/mol. The first-order valence-corrected chi connectivity index (χ1v) is 5.75. The summed E-state index contributed by atoms with van der Waals surface area (Å²) in [6.45, 7) is 3.38. The summed E-state index contributed by atoms with van der Waals surface area (Å²) in [5.41, 5.74) is -2.07. The zero-order valence-electron chi connectivity index (χ0n) is 10.9. The molecule has 0 unspecified atom stereocenters. The molecular weight excluding hydrogens is 276 g/mol. The molecule has 6 nitrogen and oxygen atoms in total. The summed E-state index contributed by atoms with van der Waals surface area (Å²) in [4.78, 5) is 21.0. The lowest BCUT2D eigenvalue weighted by molar-refractivity contribution is -0.387. The lowest BCUT2D eigenvalue weighted by Crippen LogP contribution is -2.16. The highest BCUT2D eigenvalue weighted by Gasteiger charge is 2.27. The van der Waals surface area contributed by atoms with Gasteiger partial charge in [-0.3, -0.25) is 10.1 Å². The van der Waals surface area contributed by atoms with Crippen molar-refractivity contribution >= 4 is 11.7 Å². The SMILES string of the molecule is CC(C)OCCOC(=O)c1c(F)ccc([N+](=O)[O-])c1F. The summed E-state index contributed by atoms with van der Waals surface area (Å²) in [6.07, 6.45) is -0.0833. The molecule has 0 aliphatic rings. The van der Waals surface area contributed by atoms with Crippen LogP contribution < -0.4 is 0 Å². The standard InChI is InChI=1S/C12H13F2NO5/c1-7(2)19-5-6-20-12(16)10-8(13)3-4-9(11(10)14)15(17)18/h3-4,7H,5-6H2,1-2H3. The van der Waals surface area contributed by atoms with Gasteiger partial charge in [0.05, 0.1) is 17.6 Å². The normalized spacial score (nSPS) is 10.7. The second kappa shape index (κ2) is 6.90. The number of carbonyl (C=O) groups excluding carboxylic acids is 1. The number of esters is 1. The lowest BCUT2D eigenvalue weighted by Gasteiger charge is -2.09. The summed E-state index contributed by atoms with van der Waals surface area (Å²) in [6, 6.07) is 1.28. The van der Waals surface area contributed by atoms with Crippen LogP contribution in [-0.4, -0.2) is 30.2 Å². The molecule has 0 heterocycles. The number of rotatable bonds is 6. The first-order chi connectivity index (χ1) is 9.34. The van der Waals surface area contributed by atoms with Crippen molar-refractivity contribution in [2.75, 3.05) is 13.2 Å². The number of halogens is 2. The molecule has 0 aliphatic carbocycles. The van der Waals surface area contributed by atoms with Crippen molar-refractivity contribution < 1.29 is 28.0 Å². The van der Waals surface area contributed by atoms with Crippen LogP contribution in [0.3, 0.4) is 0 Å². The molecule has 110 valence electrons. The minimum Gasteiger partial charge on any atom is -0.459 e. The second-order valence-electron chi connectivity index (χ2n) is 4.07. The Labute approximate surface area is 113 Å². The highest BCUT2D eigenvalue weighted by atomic mass is 19.1. The van der Waals surface area contributed by atoms with E-state index >= 15 is 0 Å². The highest BCUT2D eigenvalue weighted by molar-refractivity contribution is 5.90. The van der Waals surface area contributed by atoms with Gasteiger partial charge in [0.1, 0.15) is 18.0 Å². The Bertz CT molecular complexity index is 519. The molecule has 0 bridgehead atoms. The van der Waals surface area contributed by atoms with Gasteiger partial charge in [-0.15, -0.1) is 0 Å². The maximum Gasteiger partial charge on any atom is 0.344 e. The molecule has 0 saturated carbocycles. The van der Waals surface area contributed by atoms with E-state index in [2.05, 4.69) is 4.74 Å². The van der Waals surface area contributed by atoms with Gasteiger partial charge in [-0.25, -0.2) is 9.18 Å². The average Bonchev–Trinajstić information content (AvgIpc) is 2.34. The topological polar surface area (TPSA) is 78.7 Å². The van der Waals surface area contributed by atoms with Crippen LogP contribution in [-0.2, 0) is 9.47 Å². The van der Waals surface area contributed by atoms with Gasteiger partial charge < -0.3 is 9.47 Å². The number of hydrogen-bond acceptors (Lipinski definition) is 5. The molecule has 0 aromatic heterocycles. The van der Waals surface area contributed by atoms with E-state index in [-0.39, 0.29) is 19.3 Å². The molecular formula is C12H13F2NO5. The number of benzene rings is 1. The second-order valence-corrected chi connectivity index (χ2v) is 4.07. The number of nitro benzene ring substituents is 1. The van der Waals surface area contributed by atoms with E-state index in [1.165, 1.54) is 0 Å². The van der Waals surface area contributed by atoms with E-state index in [9.17, 15) is 23.7 Å². The number of nitrogens with zero attached hydrogens (tertiary/aromatic N) is 1. The van der Waals surface area contributed by atoms with Crippen molar-refractivity contribution in [1.29, 1.82) is 0 Å². The number of nitro groups is 1. The van der Waals surface area contributed by atoms with Crippen LogP contribution in [0.25, 0.3) is 0 Å². The van der Waals surface area contributed by atoms with Crippen molar-refractivity contribution in [1.82, 2.24) is 0 Å². The number of ether oxygens (including phenoxy) is 2. The fourth-order valence-corrected chi connectivity index (χ4v) is 1.36. The lowest BCUT2D eigenvalue weighted by atomic mass is 10.1. The van der Waals surface area contributed by atoms with Crippen molar-refractivity contribution in [3.63, 3.8) is 0 Å². The maximum atomic E-state index is 13.7. The first-order valence-electron chi connectivity index (χ1n) is 5.75. The summed E-state index contributed by atoms with van der Waals surface area (Å²) < 4.78 is 36.7. The van der Waals surface area contributed by atoms with Gasteiger partial charge in [-0.1, -0.05) is 0 Å². The Kier molecular flexibility index (Phi) is 5.51. The molecule has 1 aromatic carbocycles. The highest BCUT2D eigenvalue weighted by Crippen LogP contribution is 2.23. The fourth-order valence-electron chi connectivity index (χ4n) is 1.36. The Morgan fingerprint density at radius 2 is 2.00 bits per heavy atom. The quantitative estimate of drug-likeness (QED) is 0.348. The molecule has 1 rings (SSSR count). The molecule has 0 saturated heterocycles. The van der Waals surface area contributed by atoms with Crippen molar-refractivity contribution in [3.05, 3.63) is 39.4 Å². The number of carbonyl (C=O) groups is 1. The van der Waals surface area contributed by atoms with Crippen LogP contribution in [0.15, 0.2) is 12.1 Å². The van der Waals surface area contributed by atoms with Crippen LogP contribution >= 0.6 is 0 Å². The van der Waals surface area contributed by atoms with Gasteiger partial charge in [0.25, 0.3) is 0 Å². The molecule has 0 amide bonds. The molecule has 0 N–H and O–H groups in total. The third kappa shape index (κ3) is 3.95. The zero-order valence-corrected chi connectivity index (χ0v) is 10.9. The van der Waals surface area contributed by atoms with Gasteiger partial charge >= 0.3 is 11.7 Å². The molecule has 0 spiro atoms. The largest absolute Gasteiger partial charge is 0.459 e. The van der Waals surface area contributed by atoms with Crippen LogP contribution in [0, 0.1) is 21.7 Å². The van der Waals surface area contributed by atoms with Crippen LogP contribution in [0.2, 0.25) is 0 Å². The molecule has 0 atom stereocenters. The Hall–Kier alpha value is -2.09. The van der Waals surface area contributed by atoms with E-state index in [0.29, 0.717) is 12.1 Å². The Morgan fingerprint density at radius 3 is 2.55 bits per heavy atom. The Morgan fingerprint density at radius 1 is 1.35 bits per heavy atom. The first kappa shape index (κ1) is 16.0. The van der Waals surface area contributed by atoms with Gasteiger partial charge in [-0.2, -0.15) is 4.39 Å². The van der Waals surface area contributed by atoms with Gasteiger partial charge in [0.2, 0.25) is 5.82 Å². The van der Waals surface area contributed by atoms with Crippen molar-refractivity contribution in [2.45, 2.75) is 20.0 Å². The molecule has 0 aliphatic heterocycles. The van der Waals surface area contributed by atoms with Crippen molar-refractivity contribution in [2.24, 2.45) is 0 Å². The summed E-state index contributed by atoms with van der Waals surface area (Å²) in [5, 5.41) is 10.5. The molecule has 0 fully saturated rings. The van der Waals surface area contributed by atoms with Gasteiger partial charge in [0, 0.05) is 6.07 Å². The van der Waals surface area contributed by atoms with Gasteiger partial charge in [-0.05, 0) is 19.9 Å². The van der Waals surface area contributed by atoms with Gasteiger partial charge in [0.15, 0.2) is 0 Å². The molecule has 1 aromatic rings. The van der Waals surface area contributed by atoms with E-state index in [1.54, 1.807) is 13.8 Å². The van der Waals surface area contributed by atoms with E-state index in [0.717, 1.165) is 0 Å². The predicted octanol–water partition coefficient (Wildman–Crippen LogP) is 2.45. The minimum absolute atomic E-state index is 0.0571. The van der Waals surface area contributed by atoms with Crippen molar-refractivity contribution in [3.8, 4) is 0 Å². The maximum absolute atomic E-state index is 13.7. The minimum atomic E-state index is -1.55. The van der Waals surface area contributed by atoms with Crippen LogP contribution in [0.1, 0.15) is 24.2 Å². The third-order valence-corrected chi connectivity index (χ3v) is 2.24. The van der Waals surface area contributed by atoms with E-state index in [1.807, 2.05) is 0 Å². The number of hydrogen-bond donors (Lipinski definition) is 0. The Balaban J connectivity index is 2.82.